The van der Waals surface area contributed by atoms with Gasteiger partial charge in [0.25, 0.3) is 0 Å². The fourth-order valence-electron chi connectivity index (χ4n) is 1.91. The molecule has 0 heterocycles. The molecule has 0 bridgehead atoms. The van der Waals surface area contributed by atoms with E-state index in [-0.39, 0.29) is 70.7 Å². The summed E-state index contributed by atoms with van der Waals surface area (Å²) < 4.78 is 0. The van der Waals surface area contributed by atoms with Gasteiger partial charge in [-0.1, -0.05) is 25.7 Å². The van der Waals surface area contributed by atoms with Crippen molar-refractivity contribution in [3.8, 4) is 0 Å². The number of hydrogen-bond donors (Lipinski definition) is 2. The van der Waals surface area contributed by atoms with Crippen LogP contribution in [0.1, 0.15) is 51.4 Å². The second kappa shape index (κ2) is 20.1. The number of nitrogens with two attached hydrogens (primary N) is 2. The minimum Gasteiger partial charge on any atom is -1.00 e. The van der Waals surface area contributed by atoms with Gasteiger partial charge >= 0.3 is 21.1 Å². The molecule has 2 aliphatic rings. The van der Waals surface area contributed by atoms with Gasteiger partial charge < -0.3 is 61.1 Å². The van der Waals surface area contributed by atoms with E-state index in [0.29, 0.717) is 12.1 Å². The van der Waals surface area contributed by atoms with Crippen LogP contribution in [0.5, 0.6) is 0 Å². The van der Waals surface area contributed by atoms with Crippen molar-refractivity contribution in [3.63, 3.8) is 0 Å². The van der Waals surface area contributed by atoms with Crippen LogP contribution in [0.15, 0.2) is 0 Å². The number of rotatable bonds is 0. The van der Waals surface area contributed by atoms with E-state index in [1.165, 1.54) is 51.4 Å². The maximum atomic E-state index is 5.53. The molecule has 0 spiro atoms. The van der Waals surface area contributed by atoms with E-state index < -0.39 is 0 Å². The zero-order chi connectivity index (χ0) is 8.81. The summed E-state index contributed by atoms with van der Waals surface area (Å²) in [4.78, 5) is 0. The third-order valence-electron chi connectivity index (χ3n) is 2.80. The first-order valence-electron chi connectivity index (χ1n) is 5.30. The van der Waals surface area contributed by atoms with Crippen molar-refractivity contribution in [2.75, 3.05) is 0 Å². The van der Waals surface area contributed by atoms with E-state index in [4.69, 9.17) is 11.5 Å². The Morgan fingerprint density at radius 2 is 0.706 bits per heavy atom. The van der Waals surface area contributed by atoms with Crippen LogP contribution in [0.25, 0.3) is 0 Å². The molecule has 2 saturated carbocycles. The minimum absolute atomic E-state index is 0. The van der Waals surface area contributed by atoms with Crippen molar-refractivity contribution in [2.24, 2.45) is 11.5 Å². The molecule has 2 fully saturated rings. The monoisotopic (exact) mass is 505 g/mol. The standard InChI is InChI=1S/2C5H11N.4ClH.Pt/c2*6-5-3-1-2-4-5;;;;;/h2*5H,1-4,6H2;4*1H;/q;;;;;;+4/p-4. The van der Waals surface area contributed by atoms with Gasteiger partial charge in [0, 0.05) is 12.1 Å². The molecule has 0 aromatic rings. The van der Waals surface area contributed by atoms with Crippen molar-refractivity contribution in [1.29, 1.82) is 0 Å². The second-order valence-corrected chi connectivity index (χ2v) is 4.09. The number of halogens is 4. The molecule has 0 amide bonds. The molecule has 0 aromatic heterocycles. The van der Waals surface area contributed by atoms with E-state index in [0.717, 1.165) is 0 Å². The summed E-state index contributed by atoms with van der Waals surface area (Å²) in [5.74, 6) is 0. The van der Waals surface area contributed by atoms with Crippen LogP contribution in [-0.2, 0) is 21.1 Å². The number of hydrogen-bond acceptors (Lipinski definition) is 2. The maximum absolute atomic E-state index is 5.53. The summed E-state index contributed by atoms with van der Waals surface area (Å²) in [6, 6.07) is 1.09. The summed E-state index contributed by atoms with van der Waals surface area (Å²) in [6.45, 7) is 0. The zero-order valence-electron chi connectivity index (χ0n) is 9.79. The summed E-state index contributed by atoms with van der Waals surface area (Å²) in [7, 11) is 0. The molecule has 0 aliphatic heterocycles. The van der Waals surface area contributed by atoms with Crippen LogP contribution in [0.3, 0.4) is 0 Å². The predicted octanol–water partition coefficient (Wildman–Crippen LogP) is -10.2. The predicted molar refractivity (Wildman–Crippen MR) is 52.9 cm³/mol. The van der Waals surface area contributed by atoms with E-state index in [2.05, 4.69) is 0 Å². The summed E-state index contributed by atoms with van der Waals surface area (Å²) in [5, 5.41) is 0. The molecule has 0 aromatic carbocycles. The molecule has 0 atom stereocenters. The fourth-order valence-corrected chi connectivity index (χ4v) is 1.91. The molecule has 0 radical (unpaired) electrons. The van der Waals surface area contributed by atoms with Gasteiger partial charge in [0.05, 0.1) is 0 Å². The van der Waals surface area contributed by atoms with E-state index >= 15 is 0 Å². The Kier molecular flexibility index (Phi) is 36.9. The summed E-state index contributed by atoms with van der Waals surface area (Å²) >= 11 is 0. The topological polar surface area (TPSA) is 52.0 Å². The SMILES string of the molecule is NC1CCCC1.NC1CCCC1.[Cl-].[Cl-].[Cl-].[Cl-].[Pt+4]. The average molecular weight is 507 g/mol. The Bertz CT molecular complexity index is 107. The largest absolute Gasteiger partial charge is 4.00 e. The van der Waals surface area contributed by atoms with Crippen molar-refractivity contribution in [3.05, 3.63) is 0 Å². The molecule has 2 rings (SSSR count). The normalized spacial score (nSPS) is 18.0. The molecule has 0 unspecified atom stereocenters. The molecule has 7 heteroatoms. The van der Waals surface area contributed by atoms with Crippen molar-refractivity contribution in [2.45, 2.75) is 63.5 Å². The molecule has 110 valence electrons. The van der Waals surface area contributed by atoms with Gasteiger partial charge in [0.1, 0.15) is 0 Å². The van der Waals surface area contributed by atoms with Crippen molar-refractivity contribution < 1.29 is 70.7 Å². The molecule has 2 aliphatic carbocycles. The van der Waals surface area contributed by atoms with E-state index in [1.807, 2.05) is 0 Å². The van der Waals surface area contributed by atoms with Crippen LogP contribution in [0.4, 0.5) is 0 Å². The second-order valence-electron chi connectivity index (χ2n) is 4.09. The average Bonchev–Trinajstić information content (AvgIpc) is 2.63. The molecule has 17 heavy (non-hydrogen) atoms. The fraction of sp³-hybridized carbons (Fsp3) is 1.00. The quantitative estimate of drug-likeness (QED) is 0.343. The van der Waals surface area contributed by atoms with Crippen molar-refractivity contribution >= 4 is 0 Å². The van der Waals surface area contributed by atoms with E-state index in [1.54, 1.807) is 0 Å². The molecule has 2 nitrogen and oxygen atoms in total. The van der Waals surface area contributed by atoms with Crippen LogP contribution in [0.2, 0.25) is 0 Å². The third kappa shape index (κ3) is 17.8. The molecular weight excluding hydrogens is 485 g/mol. The van der Waals surface area contributed by atoms with Crippen LogP contribution in [0, 0.1) is 0 Å². The van der Waals surface area contributed by atoms with Gasteiger partial charge in [-0.25, -0.2) is 0 Å². The van der Waals surface area contributed by atoms with Gasteiger partial charge in [-0.2, -0.15) is 0 Å². The van der Waals surface area contributed by atoms with Crippen LogP contribution >= 0.6 is 0 Å². The Balaban J connectivity index is -0.0000000436. The molecule has 4 N–H and O–H groups in total. The minimum atomic E-state index is 0. The third-order valence-corrected chi connectivity index (χ3v) is 2.80. The Hall–Kier alpha value is 1.77. The first-order valence-corrected chi connectivity index (χ1v) is 5.30. The van der Waals surface area contributed by atoms with Gasteiger partial charge in [0.15, 0.2) is 0 Å². The van der Waals surface area contributed by atoms with Gasteiger partial charge in [-0.3, -0.25) is 0 Å². The maximum Gasteiger partial charge on any atom is 4.00 e. The van der Waals surface area contributed by atoms with E-state index in [9.17, 15) is 0 Å². The van der Waals surface area contributed by atoms with Gasteiger partial charge in [-0.05, 0) is 25.7 Å². The first kappa shape index (κ1) is 31.3. The Labute approximate surface area is 145 Å². The smallest absolute Gasteiger partial charge is 1.00 e. The van der Waals surface area contributed by atoms with Gasteiger partial charge in [-0.15, -0.1) is 0 Å². The Morgan fingerprint density at radius 1 is 0.529 bits per heavy atom. The van der Waals surface area contributed by atoms with Crippen LogP contribution in [-0.4, -0.2) is 12.1 Å². The molecule has 0 saturated heterocycles. The zero-order valence-corrected chi connectivity index (χ0v) is 15.1. The Morgan fingerprint density at radius 3 is 0.765 bits per heavy atom. The summed E-state index contributed by atoms with van der Waals surface area (Å²) in [6.07, 6.45) is 10.5. The van der Waals surface area contributed by atoms with Crippen molar-refractivity contribution in [1.82, 2.24) is 0 Å². The molecular formula is C10H22Cl4N2Pt. The first-order chi connectivity index (χ1) is 5.79. The van der Waals surface area contributed by atoms with Crippen LogP contribution < -0.4 is 61.1 Å². The van der Waals surface area contributed by atoms with Gasteiger partial charge in [0.2, 0.25) is 0 Å². The summed E-state index contributed by atoms with van der Waals surface area (Å²) in [5.41, 5.74) is 11.1.